The van der Waals surface area contributed by atoms with Crippen LogP contribution in [0, 0.1) is 12.7 Å². The van der Waals surface area contributed by atoms with Crippen molar-refractivity contribution in [1.82, 2.24) is 4.98 Å². The van der Waals surface area contributed by atoms with Gasteiger partial charge in [-0.2, -0.15) is 0 Å². The molecule has 3 N–H and O–H groups in total. The van der Waals surface area contributed by atoms with Crippen molar-refractivity contribution in [3.05, 3.63) is 50.7 Å². The molecular formula is C13H14ClFN2OS. The van der Waals surface area contributed by atoms with Gasteiger partial charge in [0.1, 0.15) is 5.82 Å². The van der Waals surface area contributed by atoms with E-state index in [0.29, 0.717) is 4.88 Å². The molecule has 0 fully saturated rings. The van der Waals surface area contributed by atoms with E-state index in [2.05, 4.69) is 4.98 Å². The lowest BCUT2D eigenvalue weighted by Crippen LogP contribution is -2.21. The summed E-state index contributed by atoms with van der Waals surface area (Å²) in [6, 6.07) is 4.43. The zero-order valence-corrected chi connectivity index (χ0v) is 11.9. The van der Waals surface area contributed by atoms with Crippen LogP contribution in [0.25, 0.3) is 0 Å². The second-order valence-electron chi connectivity index (χ2n) is 4.20. The van der Waals surface area contributed by atoms with Gasteiger partial charge in [-0.15, -0.1) is 11.3 Å². The molecule has 1 aromatic heterocycles. The Kier molecular flexibility index (Phi) is 4.52. The molecule has 2 aromatic rings. The Bertz CT molecular complexity index is 555. The molecule has 102 valence electrons. The highest BCUT2D eigenvalue weighted by atomic mass is 35.5. The van der Waals surface area contributed by atoms with E-state index in [0.717, 1.165) is 5.01 Å². The van der Waals surface area contributed by atoms with Crippen LogP contribution < -0.4 is 5.73 Å². The predicted octanol–water partition coefficient (Wildman–Crippen LogP) is 3.02. The smallest absolute Gasteiger partial charge is 0.128 e. The van der Waals surface area contributed by atoms with Crippen LogP contribution in [-0.4, -0.2) is 16.6 Å². The summed E-state index contributed by atoms with van der Waals surface area (Å²) in [6.45, 7) is 1.94. The third-order valence-electron chi connectivity index (χ3n) is 2.94. The number of hydrogen-bond acceptors (Lipinski definition) is 4. The molecular weight excluding hydrogens is 287 g/mol. The highest BCUT2D eigenvalue weighted by molar-refractivity contribution is 7.11. The molecule has 19 heavy (non-hydrogen) atoms. The zero-order chi connectivity index (χ0) is 14.0. The molecule has 3 nitrogen and oxygen atoms in total. The van der Waals surface area contributed by atoms with Crippen molar-refractivity contribution in [3.8, 4) is 0 Å². The number of nitrogens with zero attached hydrogens (tertiary/aromatic N) is 1. The topological polar surface area (TPSA) is 59.1 Å². The summed E-state index contributed by atoms with van der Waals surface area (Å²) < 4.78 is 13.9. The largest absolute Gasteiger partial charge is 0.387 e. The number of nitrogens with two attached hydrogens (primary N) is 1. The number of halogens is 2. The first-order valence-corrected chi connectivity index (χ1v) is 6.98. The van der Waals surface area contributed by atoms with Gasteiger partial charge < -0.3 is 10.8 Å². The van der Waals surface area contributed by atoms with Gasteiger partial charge in [0.2, 0.25) is 0 Å². The van der Waals surface area contributed by atoms with Crippen molar-refractivity contribution in [2.45, 2.75) is 18.9 Å². The summed E-state index contributed by atoms with van der Waals surface area (Å²) in [5.41, 5.74) is 5.94. The SMILES string of the molecule is Cc1ncc(C(O)C(CN)c2c(F)cccc2Cl)s1. The van der Waals surface area contributed by atoms with Gasteiger partial charge in [-0.05, 0) is 19.1 Å². The monoisotopic (exact) mass is 300 g/mol. The molecule has 0 aliphatic heterocycles. The van der Waals surface area contributed by atoms with Crippen LogP contribution in [0.2, 0.25) is 5.02 Å². The van der Waals surface area contributed by atoms with E-state index < -0.39 is 17.8 Å². The van der Waals surface area contributed by atoms with Gasteiger partial charge in [0, 0.05) is 29.2 Å². The van der Waals surface area contributed by atoms with Gasteiger partial charge in [-0.1, -0.05) is 17.7 Å². The molecule has 0 bridgehead atoms. The van der Waals surface area contributed by atoms with Gasteiger partial charge in [-0.3, -0.25) is 0 Å². The molecule has 0 saturated heterocycles. The predicted molar refractivity (Wildman–Crippen MR) is 75.0 cm³/mol. The highest BCUT2D eigenvalue weighted by Gasteiger charge is 2.27. The van der Waals surface area contributed by atoms with Crippen molar-refractivity contribution in [2.75, 3.05) is 6.54 Å². The fraction of sp³-hybridized carbons (Fsp3) is 0.308. The van der Waals surface area contributed by atoms with E-state index in [1.54, 1.807) is 12.3 Å². The van der Waals surface area contributed by atoms with Gasteiger partial charge in [-0.25, -0.2) is 9.37 Å². The lowest BCUT2D eigenvalue weighted by atomic mass is 9.92. The Morgan fingerprint density at radius 1 is 1.53 bits per heavy atom. The van der Waals surface area contributed by atoms with Crippen LogP contribution in [0.5, 0.6) is 0 Å². The molecule has 0 aliphatic carbocycles. The van der Waals surface area contributed by atoms with Crippen LogP contribution in [0.3, 0.4) is 0 Å². The van der Waals surface area contributed by atoms with Crippen LogP contribution in [0.1, 0.15) is 27.5 Å². The maximum atomic E-state index is 13.9. The Hall–Kier alpha value is -1.01. The molecule has 0 saturated carbocycles. The molecule has 2 rings (SSSR count). The molecule has 2 atom stereocenters. The third kappa shape index (κ3) is 2.95. The molecule has 0 radical (unpaired) electrons. The van der Waals surface area contributed by atoms with E-state index in [-0.39, 0.29) is 17.1 Å². The zero-order valence-electron chi connectivity index (χ0n) is 10.3. The minimum absolute atomic E-state index is 0.0960. The average molecular weight is 301 g/mol. The molecule has 1 heterocycles. The standard InChI is InChI=1S/C13H14ClFN2OS/c1-7-17-6-11(19-7)13(18)8(5-16)12-9(14)3-2-4-10(12)15/h2-4,6,8,13,18H,5,16H2,1H3. The average Bonchev–Trinajstić information content (AvgIpc) is 2.80. The lowest BCUT2D eigenvalue weighted by molar-refractivity contribution is 0.149. The van der Waals surface area contributed by atoms with Crippen LogP contribution >= 0.6 is 22.9 Å². The van der Waals surface area contributed by atoms with Crippen molar-refractivity contribution >= 4 is 22.9 Å². The summed E-state index contributed by atoms with van der Waals surface area (Å²) >= 11 is 7.38. The summed E-state index contributed by atoms with van der Waals surface area (Å²) in [5, 5.41) is 11.5. The number of hydrogen-bond donors (Lipinski definition) is 2. The second-order valence-corrected chi connectivity index (χ2v) is 5.88. The lowest BCUT2D eigenvalue weighted by Gasteiger charge is -2.22. The van der Waals surface area contributed by atoms with Crippen molar-refractivity contribution in [3.63, 3.8) is 0 Å². The number of thiazole rings is 1. The third-order valence-corrected chi connectivity index (χ3v) is 4.25. The number of aryl methyl sites for hydroxylation is 1. The highest BCUT2D eigenvalue weighted by Crippen LogP contribution is 2.37. The number of aliphatic hydroxyl groups excluding tert-OH is 1. The van der Waals surface area contributed by atoms with Gasteiger partial charge in [0.15, 0.2) is 0 Å². The second kappa shape index (κ2) is 5.96. The Morgan fingerprint density at radius 3 is 2.79 bits per heavy atom. The summed E-state index contributed by atoms with van der Waals surface area (Å²) in [5.74, 6) is -1.04. The number of rotatable bonds is 4. The van der Waals surface area contributed by atoms with E-state index in [4.69, 9.17) is 17.3 Å². The van der Waals surface area contributed by atoms with Crippen LogP contribution in [0.15, 0.2) is 24.4 Å². The summed E-state index contributed by atoms with van der Waals surface area (Å²) in [6.07, 6.45) is 0.674. The Morgan fingerprint density at radius 2 is 2.26 bits per heavy atom. The number of aliphatic hydroxyl groups is 1. The van der Waals surface area contributed by atoms with Gasteiger partial charge in [0.05, 0.1) is 16.0 Å². The minimum atomic E-state index is -0.911. The molecule has 1 aromatic carbocycles. The van der Waals surface area contributed by atoms with Gasteiger partial charge >= 0.3 is 0 Å². The Balaban J connectivity index is 2.39. The normalized spacial score (nSPS) is 14.4. The molecule has 6 heteroatoms. The quantitative estimate of drug-likeness (QED) is 0.912. The molecule has 0 spiro atoms. The first-order valence-electron chi connectivity index (χ1n) is 5.79. The summed E-state index contributed by atoms with van der Waals surface area (Å²) in [7, 11) is 0. The van der Waals surface area contributed by atoms with E-state index in [9.17, 15) is 9.50 Å². The fourth-order valence-corrected chi connectivity index (χ4v) is 3.12. The van der Waals surface area contributed by atoms with E-state index >= 15 is 0 Å². The first kappa shape index (κ1) is 14.4. The number of aromatic nitrogens is 1. The maximum Gasteiger partial charge on any atom is 0.128 e. The van der Waals surface area contributed by atoms with Crippen LogP contribution in [0.4, 0.5) is 4.39 Å². The van der Waals surface area contributed by atoms with Crippen molar-refractivity contribution in [2.24, 2.45) is 5.73 Å². The fourth-order valence-electron chi connectivity index (χ4n) is 1.98. The maximum absolute atomic E-state index is 13.9. The Labute approximate surface area is 119 Å². The minimum Gasteiger partial charge on any atom is -0.387 e. The van der Waals surface area contributed by atoms with Crippen molar-refractivity contribution in [1.29, 1.82) is 0 Å². The molecule has 0 amide bonds. The van der Waals surface area contributed by atoms with E-state index in [1.165, 1.54) is 23.5 Å². The summed E-state index contributed by atoms with van der Waals surface area (Å²) in [4.78, 5) is 4.74. The molecule has 0 aliphatic rings. The van der Waals surface area contributed by atoms with Gasteiger partial charge in [0.25, 0.3) is 0 Å². The van der Waals surface area contributed by atoms with Crippen LogP contribution in [-0.2, 0) is 0 Å². The first-order chi connectivity index (χ1) is 9.04. The van der Waals surface area contributed by atoms with Crippen molar-refractivity contribution < 1.29 is 9.50 Å². The molecule has 2 unspecified atom stereocenters. The van der Waals surface area contributed by atoms with E-state index in [1.807, 2.05) is 6.92 Å². The number of benzene rings is 1.